The molecule has 1 aromatic rings. The number of amides is 1. The summed E-state index contributed by atoms with van der Waals surface area (Å²) in [5.74, 6) is -0.687. The van der Waals surface area contributed by atoms with Crippen LogP contribution in [0.3, 0.4) is 0 Å². The topological polar surface area (TPSA) is 81.4 Å². The molecule has 0 radical (unpaired) electrons. The van der Waals surface area contributed by atoms with Crippen molar-refractivity contribution in [3.05, 3.63) is 29.8 Å². The predicted octanol–water partition coefficient (Wildman–Crippen LogP) is 1.68. The summed E-state index contributed by atoms with van der Waals surface area (Å²) >= 11 is 0. The van der Waals surface area contributed by atoms with Crippen LogP contribution >= 0.6 is 0 Å². The number of hydrogen-bond donors (Lipinski definition) is 2. The molecule has 0 unspecified atom stereocenters. The van der Waals surface area contributed by atoms with Crippen LogP contribution in [-0.2, 0) is 9.53 Å². The van der Waals surface area contributed by atoms with Crippen molar-refractivity contribution < 1.29 is 14.3 Å². The summed E-state index contributed by atoms with van der Waals surface area (Å²) in [5.41, 5.74) is 5.96. The summed E-state index contributed by atoms with van der Waals surface area (Å²) in [5, 5.41) is 2.73. The van der Waals surface area contributed by atoms with E-state index in [-0.39, 0.29) is 5.91 Å². The molecule has 1 amide bonds. The maximum atomic E-state index is 12.1. The number of carbonyl (C=O) groups is 2. The Morgan fingerprint density at radius 2 is 2.05 bits per heavy atom. The highest BCUT2D eigenvalue weighted by molar-refractivity contribution is 6.04. The molecule has 1 aliphatic carbocycles. The number of benzene rings is 1. The third-order valence-electron chi connectivity index (χ3n) is 3.37. The second-order valence-electron chi connectivity index (χ2n) is 4.73. The van der Waals surface area contributed by atoms with Crippen LogP contribution in [0.15, 0.2) is 24.3 Å². The summed E-state index contributed by atoms with van der Waals surface area (Å²) in [4.78, 5) is 23.8. The van der Waals surface area contributed by atoms with Gasteiger partial charge in [-0.05, 0) is 38.3 Å². The minimum atomic E-state index is -0.790. The van der Waals surface area contributed by atoms with Gasteiger partial charge in [-0.2, -0.15) is 0 Å². The van der Waals surface area contributed by atoms with Crippen LogP contribution in [0.2, 0.25) is 0 Å². The van der Waals surface area contributed by atoms with E-state index in [9.17, 15) is 9.59 Å². The molecule has 0 aromatic heterocycles. The Morgan fingerprint density at radius 1 is 1.37 bits per heavy atom. The van der Waals surface area contributed by atoms with Gasteiger partial charge in [0.15, 0.2) is 0 Å². The zero-order valence-electron chi connectivity index (χ0n) is 10.9. The summed E-state index contributed by atoms with van der Waals surface area (Å²) in [6.07, 6.45) is 2.32. The van der Waals surface area contributed by atoms with Gasteiger partial charge in [-0.15, -0.1) is 0 Å². The lowest BCUT2D eigenvalue weighted by Crippen LogP contribution is -2.56. The van der Waals surface area contributed by atoms with Crippen molar-refractivity contribution in [2.75, 3.05) is 11.9 Å². The number of para-hydroxylation sites is 1. The minimum absolute atomic E-state index is 0.240. The van der Waals surface area contributed by atoms with Crippen LogP contribution in [0.1, 0.15) is 36.5 Å². The molecule has 102 valence electrons. The SMILES string of the molecule is CCOC(=O)c1ccccc1NC(=O)C1(N)CCC1. The maximum absolute atomic E-state index is 12.1. The first-order chi connectivity index (χ1) is 9.07. The van der Waals surface area contributed by atoms with Crippen LogP contribution in [0.4, 0.5) is 5.69 Å². The second-order valence-corrected chi connectivity index (χ2v) is 4.73. The van der Waals surface area contributed by atoms with Gasteiger partial charge in [0.2, 0.25) is 5.91 Å². The lowest BCUT2D eigenvalue weighted by atomic mass is 9.77. The molecule has 1 saturated carbocycles. The Morgan fingerprint density at radius 3 is 2.63 bits per heavy atom. The zero-order valence-corrected chi connectivity index (χ0v) is 10.9. The van der Waals surface area contributed by atoms with Crippen molar-refractivity contribution in [1.82, 2.24) is 0 Å². The number of nitrogens with one attached hydrogen (secondary N) is 1. The van der Waals surface area contributed by atoms with Gasteiger partial charge in [-0.3, -0.25) is 4.79 Å². The largest absolute Gasteiger partial charge is 0.462 e. The fourth-order valence-electron chi connectivity index (χ4n) is 2.01. The first kappa shape index (κ1) is 13.5. The monoisotopic (exact) mass is 262 g/mol. The van der Waals surface area contributed by atoms with Gasteiger partial charge in [0.25, 0.3) is 0 Å². The first-order valence-electron chi connectivity index (χ1n) is 6.43. The van der Waals surface area contributed by atoms with E-state index in [0.717, 1.165) is 6.42 Å². The van der Waals surface area contributed by atoms with Crippen LogP contribution in [-0.4, -0.2) is 24.0 Å². The van der Waals surface area contributed by atoms with E-state index < -0.39 is 11.5 Å². The van der Waals surface area contributed by atoms with Gasteiger partial charge in [-0.1, -0.05) is 12.1 Å². The lowest BCUT2D eigenvalue weighted by molar-refractivity contribution is -0.123. The average molecular weight is 262 g/mol. The number of carbonyl (C=O) groups excluding carboxylic acids is 2. The van der Waals surface area contributed by atoms with Gasteiger partial charge in [0.1, 0.15) is 0 Å². The summed E-state index contributed by atoms with van der Waals surface area (Å²) in [6, 6.07) is 6.77. The predicted molar refractivity (Wildman–Crippen MR) is 71.8 cm³/mol. The quantitative estimate of drug-likeness (QED) is 0.809. The van der Waals surface area contributed by atoms with E-state index in [1.54, 1.807) is 31.2 Å². The molecular formula is C14H18N2O3. The molecule has 0 aliphatic heterocycles. The normalized spacial score (nSPS) is 16.3. The van der Waals surface area contributed by atoms with Crippen LogP contribution in [0.5, 0.6) is 0 Å². The first-order valence-corrected chi connectivity index (χ1v) is 6.43. The highest BCUT2D eigenvalue weighted by atomic mass is 16.5. The third kappa shape index (κ3) is 2.76. The van der Waals surface area contributed by atoms with Crippen LogP contribution < -0.4 is 11.1 Å². The smallest absolute Gasteiger partial charge is 0.340 e. The number of hydrogen-bond acceptors (Lipinski definition) is 4. The number of ether oxygens (including phenoxy) is 1. The van der Waals surface area contributed by atoms with Gasteiger partial charge >= 0.3 is 5.97 Å². The van der Waals surface area contributed by atoms with Crippen molar-refractivity contribution >= 4 is 17.6 Å². The number of anilines is 1. The van der Waals surface area contributed by atoms with E-state index in [0.29, 0.717) is 30.7 Å². The molecule has 3 N–H and O–H groups in total. The van der Waals surface area contributed by atoms with Crippen molar-refractivity contribution in [3.63, 3.8) is 0 Å². The molecule has 1 aliphatic rings. The fraction of sp³-hybridized carbons (Fsp3) is 0.429. The van der Waals surface area contributed by atoms with E-state index >= 15 is 0 Å². The van der Waals surface area contributed by atoms with Crippen molar-refractivity contribution in [2.24, 2.45) is 5.73 Å². The standard InChI is InChI=1S/C14H18N2O3/c1-2-19-12(17)10-6-3-4-7-11(10)16-13(18)14(15)8-5-9-14/h3-4,6-7H,2,5,8-9,15H2,1H3,(H,16,18). The second kappa shape index (κ2) is 5.40. The van der Waals surface area contributed by atoms with Crippen molar-refractivity contribution in [2.45, 2.75) is 31.7 Å². The van der Waals surface area contributed by atoms with E-state index in [4.69, 9.17) is 10.5 Å². The van der Waals surface area contributed by atoms with Crippen molar-refractivity contribution in [3.8, 4) is 0 Å². The Kier molecular flexibility index (Phi) is 3.85. The summed E-state index contributed by atoms with van der Waals surface area (Å²) < 4.78 is 4.95. The Labute approximate surface area is 112 Å². The number of rotatable bonds is 4. The van der Waals surface area contributed by atoms with Gasteiger partial charge in [0, 0.05) is 0 Å². The molecule has 5 heteroatoms. The molecule has 0 atom stereocenters. The minimum Gasteiger partial charge on any atom is -0.462 e. The van der Waals surface area contributed by atoms with Crippen molar-refractivity contribution in [1.29, 1.82) is 0 Å². The molecule has 0 saturated heterocycles. The van der Waals surface area contributed by atoms with Gasteiger partial charge in [-0.25, -0.2) is 4.79 Å². The number of nitrogens with two attached hydrogens (primary N) is 1. The Hall–Kier alpha value is -1.88. The average Bonchev–Trinajstić information content (AvgIpc) is 2.36. The molecule has 19 heavy (non-hydrogen) atoms. The maximum Gasteiger partial charge on any atom is 0.340 e. The molecular weight excluding hydrogens is 244 g/mol. The van der Waals surface area contributed by atoms with Gasteiger partial charge < -0.3 is 15.8 Å². The summed E-state index contributed by atoms with van der Waals surface area (Å²) in [6.45, 7) is 2.03. The van der Waals surface area contributed by atoms with Crippen LogP contribution in [0.25, 0.3) is 0 Å². The molecule has 5 nitrogen and oxygen atoms in total. The highest BCUT2D eigenvalue weighted by Crippen LogP contribution is 2.30. The molecule has 0 bridgehead atoms. The Bertz CT molecular complexity index is 495. The molecule has 1 aromatic carbocycles. The van der Waals surface area contributed by atoms with E-state index in [2.05, 4.69) is 5.32 Å². The molecule has 1 fully saturated rings. The zero-order chi connectivity index (χ0) is 13.9. The van der Waals surface area contributed by atoms with E-state index in [1.165, 1.54) is 0 Å². The highest BCUT2D eigenvalue weighted by Gasteiger charge is 2.40. The molecule has 2 rings (SSSR count). The fourth-order valence-corrected chi connectivity index (χ4v) is 2.01. The van der Waals surface area contributed by atoms with E-state index in [1.807, 2.05) is 0 Å². The van der Waals surface area contributed by atoms with Gasteiger partial charge in [0.05, 0.1) is 23.4 Å². The van der Waals surface area contributed by atoms with Crippen LogP contribution in [0, 0.1) is 0 Å². The lowest BCUT2D eigenvalue weighted by Gasteiger charge is -2.36. The molecule has 0 heterocycles. The molecule has 0 spiro atoms. The number of esters is 1. The third-order valence-corrected chi connectivity index (χ3v) is 3.37. The Balaban J connectivity index is 2.16. The summed E-state index contributed by atoms with van der Waals surface area (Å²) in [7, 11) is 0.